The maximum atomic E-state index is 5.97. The van der Waals surface area contributed by atoms with Crippen molar-refractivity contribution in [2.45, 2.75) is 34.6 Å². The van der Waals surface area contributed by atoms with Crippen LogP contribution in [-0.2, 0) is 0 Å². The Labute approximate surface area is 108 Å². The van der Waals surface area contributed by atoms with Crippen molar-refractivity contribution in [2.24, 2.45) is 16.7 Å². The minimum atomic E-state index is 0.394. The molecule has 0 saturated heterocycles. The van der Waals surface area contributed by atoms with Crippen LogP contribution >= 0.6 is 11.6 Å². The normalized spacial score (nSPS) is 21.3. The molecule has 0 unspecified atom stereocenters. The molecule has 2 rings (SSSR count). The van der Waals surface area contributed by atoms with Gasteiger partial charge >= 0.3 is 0 Å². The molecule has 0 bridgehead atoms. The maximum absolute atomic E-state index is 5.97. The van der Waals surface area contributed by atoms with Gasteiger partial charge in [-0.25, -0.2) is 9.97 Å². The number of nitrogens with one attached hydrogen (secondary N) is 1. The first kappa shape index (κ1) is 12.6. The molecule has 0 aromatic carbocycles. The van der Waals surface area contributed by atoms with Crippen molar-refractivity contribution in [3.05, 3.63) is 17.0 Å². The molecule has 1 aromatic rings. The molecular weight excluding hydrogens is 234 g/mol. The van der Waals surface area contributed by atoms with E-state index in [2.05, 4.69) is 43.0 Å². The van der Waals surface area contributed by atoms with Crippen LogP contribution in [0, 0.1) is 23.7 Å². The fourth-order valence-corrected chi connectivity index (χ4v) is 2.78. The average molecular weight is 254 g/mol. The van der Waals surface area contributed by atoms with Crippen molar-refractivity contribution in [1.82, 2.24) is 9.97 Å². The van der Waals surface area contributed by atoms with Crippen LogP contribution in [0.2, 0.25) is 5.15 Å². The molecule has 1 aliphatic carbocycles. The topological polar surface area (TPSA) is 37.8 Å². The minimum absolute atomic E-state index is 0.394. The Hall–Kier alpha value is -0.830. The number of halogens is 1. The Morgan fingerprint density at radius 2 is 1.82 bits per heavy atom. The van der Waals surface area contributed by atoms with E-state index in [0.717, 1.165) is 17.9 Å². The summed E-state index contributed by atoms with van der Waals surface area (Å²) in [7, 11) is 0. The number of rotatable bonds is 3. The molecule has 0 spiro atoms. The third-order valence-electron chi connectivity index (χ3n) is 4.82. The van der Waals surface area contributed by atoms with Crippen LogP contribution in [0.5, 0.6) is 0 Å². The van der Waals surface area contributed by atoms with Crippen molar-refractivity contribution in [3.8, 4) is 0 Å². The Balaban J connectivity index is 2.03. The second kappa shape index (κ2) is 3.84. The van der Waals surface area contributed by atoms with Gasteiger partial charge in [-0.05, 0) is 23.7 Å². The van der Waals surface area contributed by atoms with Gasteiger partial charge in [0.15, 0.2) is 0 Å². The van der Waals surface area contributed by atoms with Gasteiger partial charge in [0.05, 0.1) is 0 Å². The lowest BCUT2D eigenvalue weighted by atomic mass is 10.0. The molecular formula is C13H20ClN3. The highest BCUT2D eigenvalue weighted by Crippen LogP contribution is 2.68. The molecule has 1 heterocycles. The molecule has 4 heteroatoms. The fraction of sp³-hybridized carbons (Fsp3) is 0.692. The van der Waals surface area contributed by atoms with Gasteiger partial charge < -0.3 is 5.32 Å². The van der Waals surface area contributed by atoms with Crippen molar-refractivity contribution >= 4 is 17.4 Å². The van der Waals surface area contributed by atoms with Gasteiger partial charge in [0.2, 0.25) is 0 Å². The molecule has 0 radical (unpaired) electrons. The van der Waals surface area contributed by atoms with Crippen LogP contribution in [0.15, 0.2) is 6.33 Å². The highest BCUT2D eigenvalue weighted by atomic mass is 35.5. The van der Waals surface area contributed by atoms with Crippen LogP contribution in [0.1, 0.15) is 33.3 Å². The molecule has 1 aromatic heterocycles. The summed E-state index contributed by atoms with van der Waals surface area (Å²) < 4.78 is 0. The van der Waals surface area contributed by atoms with E-state index in [4.69, 9.17) is 11.6 Å². The number of nitrogens with zero attached hydrogens (tertiary/aromatic N) is 2. The van der Waals surface area contributed by atoms with Crippen molar-refractivity contribution in [3.63, 3.8) is 0 Å². The smallest absolute Gasteiger partial charge is 0.137 e. The van der Waals surface area contributed by atoms with Gasteiger partial charge in [-0.1, -0.05) is 39.3 Å². The van der Waals surface area contributed by atoms with Crippen LogP contribution in [0.25, 0.3) is 0 Å². The standard InChI is InChI=1S/C13H20ClN3/c1-8-10(14)16-7-17-11(8)15-6-9-12(2,3)13(9,4)5/h7,9H,6H2,1-5H3,(H,15,16,17). The van der Waals surface area contributed by atoms with Crippen LogP contribution in [-0.4, -0.2) is 16.5 Å². The van der Waals surface area contributed by atoms with Crippen molar-refractivity contribution in [1.29, 1.82) is 0 Å². The van der Waals surface area contributed by atoms with Crippen LogP contribution in [0.3, 0.4) is 0 Å². The Morgan fingerprint density at radius 3 is 2.35 bits per heavy atom. The Bertz CT molecular complexity index is 426. The second-order valence-corrected chi connectivity index (χ2v) is 6.37. The summed E-state index contributed by atoms with van der Waals surface area (Å²) in [4.78, 5) is 8.18. The largest absolute Gasteiger partial charge is 0.369 e. The zero-order valence-electron chi connectivity index (χ0n) is 11.1. The van der Waals surface area contributed by atoms with E-state index in [1.807, 2.05) is 6.92 Å². The van der Waals surface area contributed by atoms with Gasteiger partial charge in [0.1, 0.15) is 17.3 Å². The molecule has 0 atom stereocenters. The summed E-state index contributed by atoms with van der Waals surface area (Å²) >= 11 is 5.97. The van der Waals surface area contributed by atoms with E-state index >= 15 is 0 Å². The molecule has 1 fully saturated rings. The highest BCUT2D eigenvalue weighted by molar-refractivity contribution is 6.30. The van der Waals surface area contributed by atoms with E-state index in [-0.39, 0.29) is 0 Å². The van der Waals surface area contributed by atoms with Gasteiger partial charge in [0.25, 0.3) is 0 Å². The minimum Gasteiger partial charge on any atom is -0.369 e. The molecule has 0 aliphatic heterocycles. The third kappa shape index (κ3) is 1.90. The van der Waals surface area contributed by atoms with Gasteiger partial charge in [-0.3, -0.25) is 0 Å². The SMILES string of the molecule is Cc1c(Cl)ncnc1NCC1C(C)(C)C1(C)C. The van der Waals surface area contributed by atoms with E-state index < -0.39 is 0 Å². The first-order valence-corrected chi connectivity index (χ1v) is 6.37. The number of hydrogen-bond acceptors (Lipinski definition) is 3. The maximum Gasteiger partial charge on any atom is 0.137 e. The van der Waals surface area contributed by atoms with E-state index in [1.54, 1.807) is 0 Å². The van der Waals surface area contributed by atoms with E-state index in [9.17, 15) is 0 Å². The predicted octanol–water partition coefficient (Wildman–Crippen LogP) is 3.53. The van der Waals surface area contributed by atoms with E-state index in [1.165, 1.54) is 6.33 Å². The summed E-state index contributed by atoms with van der Waals surface area (Å²) in [5.74, 6) is 1.52. The number of aromatic nitrogens is 2. The van der Waals surface area contributed by atoms with E-state index in [0.29, 0.717) is 21.9 Å². The monoisotopic (exact) mass is 253 g/mol. The van der Waals surface area contributed by atoms with Gasteiger partial charge in [-0.15, -0.1) is 0 Å². The lowest BCUT2D eigenvalue weighted by molar-refractivity contribution is 0.457. The first-order valence-electron chi connectivity index (χ1n) is 5.99. The molecule has 94 valence electrons. The molecule has 3 nitrogen and oxygen atoms in total. The number of anilines is 1. The lowest BCUT2D eigenvalue weighted by Crippen LogP contribution is -2.10. The molecule has 17 heavy (non-hydrogen) atoms. The summed E-state index contributed by atoms with van der Waals surface area (Å²) in [5, 5.41) is 3.92. The van der Waals surface area contributed by atoms with Crippen molar-refractivity contribution < 1.29 is 0 Å². The molecule has 0 amide bonds. The zero-order valence-corrected chi connectivity index (χ0v) is 11.9. The quantitative estimate of drug-likeness (QED) is 0.838. The lowest BCUT2D eigenvalue weighted by Gasteiger charge is -2.09. The molecule has 1 aliphatic rings. The van der Waals surface area contributed by atoms with Crippen molar-refractivity contribution in [2.75, 3.05) is 11.9 Å². The Morgan fingerprint density at radius 1 is 1.24 bits per heavy atom. The summed E-state index contributed by atoms with van der Waals surface area (Å²) in [6, 6.07) is 0. The van der Waals surface area contributed by atoms with Crippen LogP contribution in [0.4, 0.5) is 5.82 Å². The third-order valence-corrected chi connectivity index (χ3v) is 5.20. The fourth-order valence-electron chi connectivity index (χ4n) is 2.65. The summed E-state index contributed by atoms with van der Waals surface area (Å²) in [6.07, 6.45) is 1.50. The first-order chi connectivity index (χ1) is 7.78. The number of hydrogen-bond donors (Lipinski definition) is 1. The molecule has 1 N–H and O–H groups in total. The average Bonchev–Trinajstić information content (AvgIpc) is 2.61. The molecule has 1 saturated carbocycles. The highest BCUT2D eigenvalue weighted by Gasteiger charge is 2.64. The van der Waals surface area contributed by atoms with Gasteiger partial charge in [-0.2, -0.15) is 0 Å². The zero-order chi connectivity index (χ0) is 12.8. The summed E-state index contributed by atoms with van der Waals surface area (Å²) in [6.45, 7) is 12.2. The summed E-state index contributed by atoms with van der Waals surface area (Å²) in [5.41, 5.74) is 1.71. The van der Waals surface area contributed by atoms with Gasteiger partial charge in [0, 0.05) is 12.1 Å². The second-order valence-electron chi connectivity index (χ2n) is 6.01. The Kier molecular flexibility index (Phi) is 2.85. The van der Waals surface area contributed by atoms with Crippen LogP contribution < -0.4 is 5.32 Å². The predicted molar refractivity (Wildman–Crippen MR) is 71.3 cm³/mol.